The van der Waals surface area contributed by atoms with E-state index in [2.05, 4.69) is 6.08 Å². The zero-order chi connectivity index (χ0) is 30.4. The first kappa shape index (κ1) is 28.4. The number of rotatable bonds is 5. The van der Waals surface area contributed by atoms with Crippen LogP contribution in [-0.2, 0) is 6.42 Å². The van der Waals surface area contributed by atoms with Crippen molar-refractivity contribution in [3.8, 4) is 11.1 Å². The van der Waals surface area contributed by atoms with Crippen LogP contribution < -0.4 is 5.56 Å². The van der Waals surface area contributed by atoms with E-state index in [1.165, 1.54) is 11.3 Å². The van der Waals surface area contributed by atoms with Gasteiger partial charge in [0.25, 0.3) is 5.56 Å². The van der Waals surface area contributed by atoms with Gasteiger partial charge in [-0.3, -0.25) is 14.0 Å². The number of aromatic nitrogens is 3. The molecule has 44 heavy (non-hydrogen) atoms. The maximum atomic E-state index is 14.4. The molecule has 8 heteroatoms. The van der Waals surface area contributed by atoms with Gasteiger partial charge in [0.2, 0.25) is 0 Å². The monoisotopic (exact) mass is 633 g/mol. The smallest absolute Gasteiger partial charge is 0.268 e. The number of nitrogens with zero attached hydrogens (tertiary/aromatic N) is 3. The minimum Gasteiger partial charge on any atom is -0.288 e. The molecule has 6 aromatic rings. The van der Waals surface area contributed by atoms with E-state index >= 15 is 0 Å². The third kappa shape index (κ3) is 5.19. The van der Waals surface area contributed by atoms with Gasteiger partial charge in [0, 0.05) is 21.3 Å². The second-order valence-corrected chi connectivity index (χ2v) is 12.6. The van der Waals surface area contributed by atoms with Gasteiger partial charge in [-0.05, 0) is 90.4 Å². The number of carbonyl (C=O) groups excluding carboxylic acids is 1. The molecule has 0 saturated carbocycles. The minimum atomic E-state index is -0.237. The number of fused-ring (bicyclic) bond motifs is 3. The lowest BCUT2D eigenvalue weighted by atomic mass is 9.84. The molecular weight excluding hydrogens is 609 g/mol. The van der Waals surface area contributed by atoms with Crippen molar-refractivity contribution in [1.29, 1.82) is 0 Å². The minimum absolute atomic E-state index is 0.177. The predicted octanol–water partition coefficient (Wildman–Crippen LogP) is 9.36. The molecule has 0 unspecified atom stereocenters. The Hall–Kier alpha value is -4.36. The summed E-state index contributed by atoms with van der Waals surface area (Å²) in [6.45, 7) is 1.79. The average molecular weight is 635 g/mol. The highest BCUT2D eigenvalue weighted by atomic mass is 35.5. The first-order chi connectivity index (χ1) is 21.4. The van der Waals surface area contributed by atoms with E-state index in [0.717, 1.165) is 58.3 Å². The highest BCUT2D eigenvalue weighted by molar-refractivity contribution is 7.19. The SMILES string of the molecule is Cc1c(C(=O)/C=C/c2ccccc2)sc2nc3nc4c(c(-c5ccc(Cl)cc5)c3c(=O)n12)CCC/C4=C\c1ccc(Cl)cc1. The Morgan fingerprint density at radius 1 is 0.886 bits per heavy atom. The van der Waals surface area contributed by atoms with Crippen molar-refractivity contribution in [2.45, 2.75) is 26.2 Å². The molecule has 3 aromatic carbocycles. The number of benzene rings is 3. The highest BCUT2D eigenvalue weighted by Gasteiger charge is 2.27. The molecule has 5 nitrogen and oxygen atoms in total. The summed E-state index contributed by atoms with van der Waals surface area (Å²) in [6, 6.07) is 24.9. The largest absolute Gasteiger partial charge is 0.288 e. The molecule has 0 aliphatic heterocycles. The van der Waals surface area contributed by atoms with Gasteiger partial charge in [0.15, 0.2) is 16.4 Å². The van der Waals surface area contributed by atoms with Crippen molar-refractivity contribution in [2.24, 2.45) is 0 Å². The molecule has 0 bridgehead atoms. The molecule has 3 aromatic heterocycles. The molecule has 1 aliphatic rings. The van der Waals surface area contributed by atoms with E-state index < -0.39 is 0 Å². The lowest BCUT2D eigenvalue weighted by Gasteiger charge is -2.23. The molecule has 0 fully saturated rings. The Morgan fingerprint density at radius 3 is 2.32 bits per heavy atom. The van der Waals surface area contributed by atoms with Crippen molar-refractivity contribution in [2.75, 3.05) is 0 Å². The standard InChI is InChI=1S/C36H25Cl2N3O2S/c1-21-33(29(42)19-12-22-6-3-2-4-7-22)44-36-40-34-31(35(43)41(21)36)30(24-13-17-27(38)18-14-24)28-9-5-8-25(32(28)39-34)20-23-10-15-26(37)16-11-23/h2-4,6-7,10-20H,5,8-9H2,1H3/b19-12+,25-20+. The van der Waals surface area contributed by atoms with E-state index in [0.29, 0.717) is 36.6 Å². The number of aryl methyl sites for hydroxylation is 1. The Labute approximate surface area is 267 Å². The number of pyridine rings is 1. The predicted molar refractivity (Wildman–Crippen MR) is 182 cm³/mol. The van der Waals surface area contributed by atoms with Crippen molar-refractivity contribution in [3.05, 3.63) is 138 Å². The topological polar surface area (TPSA) is 64.3 Å². The van der Waals surface area contributed by atoms with E-state index in [1.54, 1.807) is 23.5 Å². The number of thiazole rings is 1. The second-order valence-electron chi connectivity index (χ2n) is 10.8. The van der Waals surface area contributed by atoms with Gasteiger partial charge in [-0.25, -0.2) is 4.98 Å². The fourth-order valence-electron chi connectivity index (χ4n) is 5.82. The number of allylic oxidation sites excluding steroid dienone is 2. The van der Waals surface area contributed by atoms with Gasteiger partial charge < -0.3 is 0 Å². The molecule has 0 radical (unpaired) electrons. The van der Waals surface area contributed by atoms with E-state index in [-0.39, 0.29) is 11.3 Å². The third-order valence-electron chi connectivity index (χ3n) is 7.92. The Morgan fingerprint density at radius 2 is 1.59 bits per heavy atom. The van der Waals surface area contributed by atoms with Gasteiger partial charge >= 0.3 is 0 Å². The van der Waals surface area contributed by atoms with Crippen LogP contribution in [0.3, 0.4) is 0 Å². The third-order valence-corrected chi connectivity index (χ3v) is 9.58. The zero-order valence-corrected chi connectivity index (χ0v) is 26.0. The molecule has 0 N–H and O–H groups in total. The molecule has 0 spiro atoms. The van der Waals surface area contributed by atoms with Crippen molar-refractivity contribution >= 4 is 74.0 Å². The van der Waals surface area contributed by atoms with Gasteiger partial charge in [-0.15, -0.1) is 0 Å². The summed E-state index contributed by atoms with van der Waals surface area (Å²) < 4.78 is 1.55. The first-order valence-electron chi connectivity index (χ1n) is 14.3. The highest BCUT2D eigenvalue weighted by Crippen LogP contribution is 2.40. The van der Waals surface area contributed by atoms with Crippen LogP contribution in [0.4, 0.5) is 0 Å². The zero-order valence-electron chi connectivity index (χ0n) is 23.7. The van der Waals surface area contributed by atoms with Crippen LogP contribution in [0, 0.1) is 6.92 Å². The molecule has 0 saturated heterocycles. The fraction of sp³-hybridized carbons (Fsp3) is 0.111. The molecular formula is C36H25Cl2N3O2S. The van der Waals surface area contributed by atoms with Crippen molar-refractivity contribution in [3.63, 3.8) is 0 Å². The van der Waals surface area contributed by atoms with Gasteiger partial charge in [0.1, 0.15) is 0 Å². The number of halogens is 2. The van der Waals surface area contributed by atoms with Gasteiger partial charge in [0.05, 0.1) is 16.0 Å². The summed E-state index contributed by atoms with van der Waals surface area (Å²) in [6.07, 6.45) is 7.99. The molecule has 216 valence electrons. The number of carbonyl (C=O) groups is 1. The summed E-state index contributed by atoms with van der Waals surface area (Å²) in [7, 11) is 0. The Bertz CT molecular complexity index is 2200. The number of ketones is 1. The second kappa shape index (κ2) is 11.6. The number of hydrogen-bond donors (Lipinski definition) is 0. The average Bonchev–Trinajstić information content (AvgIpc) is 3.37. The van der Waals surface area contributed by atoms with Gasteiger partial charge in [-0.1, -0.05) is 95.2 Å². The Balaban J connectivity index is 1.46. The van der Waals surface area contributed by atoms with Gasteiger partial charge in [-0.2, -0.15) is 4.98 Å². The first-order valence-corrected chi connectivity index (χ1v) is 15.8. The summed E-state index contributed by atoms with van der Waals surface area (Å²) >= 11 is 13.6. The fourth-order valence-corrected chi connectivity index (χ4v) is 7.11. The normalized spacial score (nSPS) is 14.1. The van der Waals surface area contributed by atoms with Crippen molar-refractivity contribution in [1.82, 2.24) is 14.4 Å². The van der Waals surface area contributed by atoms with Crippen molar-refractivity contribution < 1.29 is 4.79 Å². The molecule has 0 atom stereocenters. The van der Waals surface area contributed by atoms with Crippen LogP contribution in [0.15, 0.2) is 89.7 Å². The van der Waals surface area contributed by atoms with Crippen LogP contribution in [0.1, 0.15) is 50.6 Å². The molecule has 3 heterocycles. The van der Waals surface area contributed by atoms with Crippen LogP contribution in [0.5, 0.6) is 0 Å². The lowest BCUT2D eigenvalue weighted by Crippen LogP contribution is -2.19. The summed E-state index contributed by atoms with van der Waals surface area (Å²) in [4.78, 5) is 38.6. The molecule has 1 aliphatic carbocycles. The maximum absolute atomic E-state index is 14.4. The van der Waals surface area contributed by atoms with Crippen LogP contribution in [-0.4, -0.2) is 20.2 Å². The van der Waals surface area contributed by atoms with Crippen LogP contribution >= 0.6 is 34.5 Å². The quantitative estimate of drug-likeness (QED) is 0.140. The number of hydrogen-bond acceptors (Lipinski definition) is 5. The summed E-state index contributed by atoms with van der Waals surface area (Å²) in [5.74, 6) is -0.177. The molecule has 7 rings (SSSR count). The van der Waals surface area contributed by atoms with Crippen LogP contribution in [0.25, 0.3) is 44.8 Å². The molecule has 0 amide bonds. The summed E-state index contributed by atoms with van der Waals surface area (Å²) in [5, 5.41) is 1.73. The van der Waals surface area contributed by atoms with E-state index in [4.69, 9.17) is 33.2 Å². The summed E-state index contributed by atoms with van der Waals surface area (Å²) in [5.41, 5.74) is 7.27. The van der Waals surface area contributed by atoms with Crippen LogP contribution in [0.2, 0.25) is 10.0 Å². The maximum Gasteiger partial charge on any atom is 0.268 e. The van der Waals surface area contributed by atoms with E-state index in [1.807, 2.05) is 78.9 Å². The Kier molecular flexibility index (Phi) is 7.50. The van der Waals surface area contributed by atoms with E-state index in [9.17, 15) is 9.59 Å². The lowest BCUT2D eigenvalue weighted by molar-refractivity contribution is 0.105.